The van der Waals surface area contributed by atoms with Crippen molar-refractivity contribution in [3.8, 4) is 11.5 Å². The SMILES string of the molecule is CC(=O)NC[C@H](O)COc1ccc(C(C)(C)c2cc(Cl)c(OC[C@@H](C)CCl)c(Cl)c2)cc1. The van der Waals surface area contributed by atoms with Crippen molar-refractivity contribution in [1.29, 1.82) is 0 Å². The summed E-state index contributed by atoms with van der Waals surface area (Å²) in [6.45, 7) is 8.22. The van der Waals surface area contributed by atoms with Crippen molar-refractivity contribution in [2.45, 2.75) is 39.2 Å². The highest BCUT2D eigenvalue weighted by Gasteiger charge is 2.26. The number of ether oxygens (including phenoxy) is 2. The second-order valence-electron chi connectivity index (χ2n) is 8.39. The molecule has 0 aliphatic carbocycles. The minimum atomic E-state index is -0.785. The third kappa shape index (κ3) is 7.45. The number of hydrogen-bond donors (Lipinski definition) is 2. The molecule has 32 heavy (non-hydrogen) atoms. The third-order valence-electron chi connectivity index (χ3n) is 5.10. The Bertz CT molecular complexity index is 880. The number of nitrogens with one attached hydrogen (secondary N) is 1. The molecule has 2 N–H and O–H groups in total. The number of hydrogen-bond acceptors (Lipinski definition) is 4. The van der Waals surface area contributed by atoms with Crippen molar-refractivity contribution in [1.82, 2.24) is 5.32 Å². The van der Waals surface area contributed by atoms with E-state index in [9.17, 15) is 9.90 Å². The maximum absolute atomic E-state index is 10.9. The fourth-order valence-corrected chi connectivity index (χ4v) is 3.66. The molecule has 2 aromatic carbocycles. The van der Waals surface area contributed by atoms with Crippen LogP contribution in [-0.2, 0) is 10.2 Å². The Morgan fingerprint density at radius 3 is 2.19 bits per heavy atom. The van der Waals surface area contributed by atoms with E-state index in [0.717, 1.165) is 11.1 Å². The standard InChI is InChI=1S/C24H30Cl3NO4/c1-15(11-25)13-32-23-21(26)9-18(10-22(23)27)24(3,4)17-5-7-20(8-6-17)31-14-19(30)12-28-16(2)29/h5-10,15,19,30H,11-14H2,1-4H3,(H,28,29)/t15-,19-/m0/s1. The molecule has 0 fully saturated rings. The summed E-state index contributed by atoms with van der Waals surface area (Å²) >= 11 is 18.8. The maximum atomic E-state index is 10.9. The maximum Gasteiger partial charge on any atom is 0.216 e. The zero-order valence-corrected chi connectivity index (χ0v) is 21.0. The Kier molecular flexibility index (Phi) is 9.96. The van der Waals surface area contributed by atoms with Crippen LogP contribution in [0.5, 0.6) is 11.5 Å². The number of rotatable bonds is 11. The van der Waals surface area contributed by atoms with Gasteiger partial charge in [0.05, 0.1) is 16.7 Å². The number of carbonyl (C=O) groups is 1. The average molecular weight is 503 g/mol. The smallest absolute Gasteiger partial charge is 0.216 e. The zero-order chi connectivity index (χ0) is 23.9. The van der Waals surface area contributed by atoms with Crippen molar-refractivity contribution < 1.29 is 19.4 Å². The van der Waals surface area contributed by atoms with Crippen LogP contribution in [0.2, 0.25) is 10.0 Å². The molecule has 5 nitrogen and oxygen atoms in total. The molecule has 2 atom stereocenters. The highest BCUT2D eigenvalue weighted by Crippen LogP contribution is 2.40. The minimum Gasteiger partial charge on any atom is -0.491 e. The fourth-order valence-electron chi connectivity index (χ4n) is 2.98. The van der Waals surface area contributed by atoms with Crippen molar-refractivity contribution in [2.75, 3.05) is 25.6 Å². The molecule has 0 heterocycles. The van der Waals surface area contributed by atoms with Crippen LogP contribution in [0.15, 0.2) is 36.4 Å². The third-order valence-corrected chi connectivity index (χ3v) is 6.19. The summed E-state index contributed by atoms with van der Waals surface area (Å²) in [5.74, 6) is 1.58. The molecule has 1 amide bonds. The Hall–Kier alpha value is -1.66. The van der Waals surface area contributed by atoms with Gasteiger partial charge in [0.1, 0.15) is 18.5 Å². The normalized spacial score (nSPS) is 13.4. The number of benzene rings is 2. The largest absolute Gasteiger partial charge is 0.491 e. The molecule has 0 aromatic heterocycles. The minimum absolute atomic E-state index is 0.0814. The number of aliphatic hydroxyl groups excluding tert-OH is 1. The lowest BCUT2D eigenvalue weighted by Crippen LogP contribution is -2.33. The van der Waals surface area contributed by atoms with Gasteiger partial charge in [0.25, 0.3) is 0 Å². The van der Waals surface area contributed by atoms with Gasteiger partial charge in [0.15, 0.2) is 5.75 Å². The fraction of sp³-hybridized carbons (Fsp3) is 0.458. The molecule has 0 unspecified atom stereocenters. The summed E-state index contributed by atoms with van der Waals surface area (Å²) in [6, 6.07) is 11.4. The molecule has 0 saturated carbocycles. The number of carbonyl (C=O) groups excluding carboxylic acids is 1. The number of halogens is 3. The van der Waals surface area contributed by atoms with E-state index in [0.29, 0.717) is 34.0 Å². The molecule has 0 bridgehead atoms. The van der Waals surface area contributed by atoms with Crippen LogP contribution >= 0.6 is 34.8 Å². The Balaban J connectivity index is 2.10. The van der Waals surface area contributed by atoms with E-state index < -0.39 is 6.10 Å². The van der Waals surface area contributed by atoms with E-state index >= 15 is 0 Å². The highest BCUT2D eigenvalue weighted by molar-refractivity contribution is 6.37. The van der Waals surface area contributed by atoms with Crippen LogP contribution in [0, 0.1) is 5.92 Å². The van der Waals surface area contributed by atoms with Gasteiger partial charge in [0.2, 0.25) is 5.91 Å². The molecule has 2 aromatic rings. The van der Waals surface area contributed by atoms with Gasteiger partial charge < -0.3 is 19.9 Å². The molecule has 2 rings (SSSR count). The Morgan fingerprint density at radius 1 is 1.06 bits per heavy atom. The lowest BCUT2D eigenvalue weighted by Gasteiger charge is -2.27. The molecule has 0 saturated heterocycles. The number of amides is 1. The van der Waals surface area contributed by atoms with Crippen molar-refractivity contribution >= 4 is 40.7 Å². The molecule has 0 radical (unpaired) electrons. The van der Waals surface area contributed by atoms with Crippen LogP contribution in [0.3, 0.4) is 0 Å². The Labute approximate surface area is 205 Å². The predicted molar refractivity (Wildman–Crippen MR) is 131 cm³/mol. The predicted octanol–water partition coefficient (Wildman–Crippen LogP) is 5.45. The second-order valence-corrected chi connectivity index (χ2v) is 9.51. The molecule has 0 spiro atoms. The first-order valence-corrected chi connectivity index (χ1v) is 11.7. The van der Waals surface area contributed by atoms with Gasteiger partial charge in [-0.2, -0.15) is 0 Å². The monoisotopic (exact) mass is 501 g/mol. The van der Waals surface area contributed by atoms with Gasteiger partial charge in [-0.05, 0) is 35.4 Å². The van der Waals surface area contributed by atoms with Crippen molar-refractivity contribution in [3.05, 3.63) is 57.6 Å². The highest BCUT2D eigenvalue weighted by atomic mass is 35.5. The molecule has 176 valence electrons. The average Bonchev–Trinajstić information content (AvgIpc) is 2.75. The van der Waals surface area contributed by atoms with Crippen LogP contribution in [0.4, 0.5) is 0 Å². The van der Waals surface area contributed by atoms with E-state index in [2.05, 4.69) is 19.2 Å². The van der Waals surface area contributed by atoms with Gasteiger partial charge >= 0.3 is 0 Å². The zero-order valence-electron chi connectivity index (χ0n) is 18.8. The summed E-state index contributed by atoms with van der Waals surface area (Å²) in [5.41, 5.74) is 1.61. The van der Waals surface area contributed by atoms with E-state index in [1.54, 1.807) is 0 Å². The first-order chi connectivity index (χ1) is 15.0. The lowest BCUT2D eigenvalue weighted by atomic mass is 9.78. The lowest BCUT2D eigenvalue weighted by molar-refractivity contribution is -0.119. The van der Waals surface area contributed by atoms with Gasteiger partial charge in [-0.15, -0.1) is 11.6 Å². The van der Waals surface area contributed by atoms with Gasteiger partial charge in [-0.25, -0.2) is 0 Å². The first-order valence-electron chi connectivity index (χ1n) is 10.4. The van der Waals surface area contributed by atoms with Gasteiger partial charge in [-0.3, -0.25) is 4.79 Å². The van der Waals surface area contributed by atoms with Crippen LogP contribution in [0.1, 0.15) is 38.8 Å². The molecule has 0 aliphatic heterocycles. The topological polar surface area (TPSA) is 67.8 Å². The molecular formula is C24H30Cl3NO4. The van der Waals surface area contributed by atoms with Crippen LogP contribution in [-0.4, -0.2) is 42.8 Å². The summed E-state index contributed by atoms with van der Waals surface area (Å²) in [6.07, 6.45) is -0.785. The van der Waals surface area contributed by atoms with Gasteiger partial charge in [0, 0.05) is 30.7 Å². The van der Waals surface area contributed by atoms with E-state index in [-0.39, 0.29) is 30.4 Å². The van der Waals surface area contributed by atoms with E-state index in [4.69, 9.17) is 44.3 Å². The van der Waals surface area contributed by atoms with E-state index in [1.807, 2.05) is 43.3 Å². The van der Waals surface area contributed by atoms with Crippen LogP contribution in [0.25, 0.3) is 0 Å². The second kappa shape index (κ2) is 12.0. The van der Waals surface area contributed by atoms with Crippen molar-refractivity contribution in [3.63, 3.8) is 0 Å². The summed E-state index contributed by atoms with van der Waals surface area (Å²) in [5, 5.41) is 13.3. The van der Waals surface area contributed by atoms with Crippen molar-refractivity contribution in [2.24, 2.45) is 5.92 Å². The summed E-state index contributed by atoms with van der Waals surface area (Å²) < 4.78 is 11.4. The molecule has 0 aliphatic rings. The molecule has 8 heteroatoms. The summed E-state index contributed by atoms with van der Waals surface area (Å²) in [7, 11) is 0. The summed E-state index contributed by atoms with van der Waals surface area (Å²) in [4.78, 5) is 10.9. The van der Waals surface area contributed by atoms with Gasteiger partial charge in [-0.1, -0.05) is 56.1 Å². The van der Waals surface area contributed by atoms with Crippen LogP contribution < -0.4 is 14.8 Å². The Morgan fingerprint density at radius 2 is 1.66 bits per heavy atom. The number of aliphatic hydroxyl groups is 1. The van der Waals surface area contributed by atoms with E-state index in [1.165, 1.54) is 6.92 Å². The number of alkyl halides is 1. The first kappa shape index (κ1) is 26.6. The quantitative estimate of drug-likeness (QED) is 0.401. The molecular weight excluding hydrogens is 473 g/mol.